The smallest absolute Gasteiger partial charge is 0.263 e. The first-order valence-electron chi connectivity index (χ1n) is 7.26. The van der Waals surface area contributed by atoms with Gasteiger partial charge in [-0.1, -0.05) is 18.2 Å². The molecule has 9 heteroatoms. The van der Waals surface area contributed by atoms with Crippen LogP contribution in [0, 0.1) is 17.2 Å². The number of halogens is 1. The summed E-state index contributed by atoms with van der Waals surface area (Å²) < 4.78 is 35.8. The van der Waals surface area contributed by atoms with Gasteiger partial charge >= 0.3 is 5.91 Å². The van der Waals surface area contributed by atoms with Crippen LogP contribution < -0.4 is 28.1 Å². The molecule has 3 rings (SSSR count). The Kier molecular flexibility index (Phi) is 6.27. The first-order valence-corrected chi connectivity index (χ1v) is 9.27. The molecule has 1 heterocycles. The third kappa shape index (κ3) is 5.82. The summed E-state index contributed by atoms with van der Waals surface area (Å²) in [7, 11) is -4.94. The second-order valence-corrected chi connectivity index (χ2v) is 7.16. The SMILES string of the molecule is Cc1ccccc1C(=O)N[n+]1cc2c(s1)CCCC2.[O-][Cl+3]([O-])([O-])[O-]. The summed E-state index contributed by atoms with van der Waals surface area (Å²) in [6.45, 7) is 1.96. The molecular formula is C15H17ClN2O5S. The van der Waals surface area contributed by atoms with E-state index in [9.17, 15) is 4.79 Å². The van der Waals surface area contributed by atoms with E-state index in [-0.39, 0.29) is 5.91 Å². The first kappa shape index (κ1) is 18.8. The summed E-state index contributed by atoms with van der Waals surface area (Å²) in [4.78, 5) is 13.6. The number of hydrogen-bond donors (Lipinski definition) is 1. The lowest BCUT2D eigenvalue weighted by Gasteiger charge is -2.17. The number of amides is 1. The third-order valence-corrected chi connectivity index (χ3v) is 4.62. The zero-order valence-electron chi connectivity index (χ0n) is 13.0. The maximum Gasteiger partial charge on any atom is 0.306 e. The van der Waals surface area contributed by atoms with Crippen molar-refractivity contribution in [1.29, 1.82) is 0 Å². The molecule has 1 aromatic heterocycles. The molecule has 1 N–H and O–H groups in total. The van der Waals surface area contributed by atoms with Crippen LogP contribution in [-0.2, 0) is 12.8 Å². The normalized spacial score (nSPS) is 13.5. The number of aryl methyl sites for hydroxylation is 3. The molecule has 1 aliphatic rings. The molecule has 1 amide bonds. The van der Waals surface area contributed by atoms with E-state index in [4.69, 9.17) is 18.6 Å². The Balaban J connectivity index is 0.000000368. The van der Waals surface area contributed by atoms with Crippen LogP contribution in [0.2, 0.25) is 0 Å². The fraction of sp³-hybridized carbons (Fsp3) is 0.333. The Morgan fingerprint density at radius 1 is 1.17 bits per heavy atom. The number of carbonyl (C=O) groups excluding carboxylic acids is 1. The topological polar surface area (TPSA) is 125 Å². The van der Waals surface area contributed by atoms with E-state index in [0.717, 1.165) is 24.0 Å². The van der Waals surface area contributed by atoms with Crippen LogP contribution in [-0.4, -0.2) is 5.91 Å². The summed E-state index contributed by atoms with van der Waals surface area (Å²) >= 11 is 1.65. The average molecular weight is 373 g/mol. The number of rotatable bonds is 2. The third-order valence-electron chi connectivity index (χ3n) is 3.54. The van der Waals surface area contributed by atoms with Gasteiger partial charge in [0.15, 0.2) is 11.5 Å². The first-order chi connectivity index (χ1) is 11.2. The molecule has 0 bridgehead atoms. The fourth-order valence-corrected chi connectivity index (χ4v) is 3.53. The van der Waals surface area contributed by atoms with Gasteiger partial charge in [0.2, 0.25) is 6.20 Å². The van der Waals surface area contributed by atoms with Crippen LogP contribution in [0.15, 0.2) is 30.5 Å². The molecule has 7 nitrogen and oxygen atoms in total. The van der Waals surface area contributed by atoms with Gasteiger partial charge in [0.25, 0.3) is 0 Å². The highest BCUT2D eigenvalue weighted by atomic mass is 35.7. The maximum atomic E-state index is 12.2. The van der Waals surface area contributed by atoms with Gasteiger partial charge in [-0.25, -0.2) is 18.6 Å². The Morgan fingerprint density at radius 3 is 2.42 bits per heavy atom. The lowest BCUT2D eigenvalue weighted by atomic mass is 10.0. The Labute approximate surface area is 145 Å². The molecule has 0 saturated carbocycles. The minimum absolute atomic E-state index is 0.0401. The molecular weight excluding hydrogens is 356 g/mol. The summed E-state index contributed by atoms with van der Waals surface area (Å²) in [6.07, 6.45) is 6.87. The number of nitrogens with zero attached hydrogens (tertiary/aromatic N) is 1. The summed E-state index contributed by atoms with van der Waals surface area (Å²) in [5, 5.41) is 0. The average Bonchev–Trinajstić information content (AvgIpc) is 2.88. The van der Waals surface area contributed by atoms with E-state index in [2.05, 4.69) is 11.6 Å². The largest absolute Gasteiger partial charge is 0.306 e. The molecule has 0 radical (unpaired) electrons. The predicted octanol–water partition coefficient (Wildman–Crippen LogP) is -2.15. The highest BCUT2D eigenvalue weighted by Gasteiger charge is 2.22. The molecule has 0 fully saturated rings. The quantitative estimate of drug-likeness (QED) is 0.602. The fourth-order valence-electron chi connectivity index (χ4n) is 2.47. The van der Waals surface area contributed by atoms with Crippen molar-refractivity contribution in [1.82, 2.24) is 0 Å². The van der Waals surface area contributed by atoms with Crippen molar-refractivity contribution >= 4 is 17.4 Å². The minimum atomic E-state index is -4.94. The van der Waals surface area contributed by atoms with E-state index in [0.29, 0.717) is 0 Å². The van der Waals surface area contributed by atoms with Crippen molar-refractivity contribution in [3.05, 3.63) is 52.0 Å². The van der Waals surface area contributed by atoms with E-state index < -0.39 is 10.2 Å². The van der Waals surface area contributed by atoms with Crippen LogP contribution in [0.25, 0.3) is 0 Å². The monoisotopic (exact) mass is 372 g/mol. The summed E-state index contributed by atoms with van der Waals surface area (Å²) in [5.41, 5.74) is 6.08. The van der Waals surface area contributed by atoms with Gasteiger partial charge in [0.1, 0.15) is 0 Å². The molecule has 24 heavy (non-hydrogen) atoms. The molecule has 130 valence electrons. The molecule has 0 spiro atoms. The van der Waals surface area contributed by atoms with Crippen molar-refractivity contribution < 1.29 is 37.7 Å². The van der Waals surface area contributed by atoms with E-state index in [1.807, 2.05) is 35.3 Å². The van der Waals surface area contributed by atoms with Gasteiger partial charge in [-0.2, -0.15) is 0 Å². The van der Waals surface area contributed by atoms with Crippen LogP contribution in [0.4, 0.5) is 0 Å². The zero-order valence-corrected chi connectivity index (χ0v) is 14.6. The minimum Gasteiger partial charge on any atom is -0.263 e. The molecule has 0 unspecified atom stereocenters. The second-order valence-electron chi connectivity index (χ2n) is 5.34. The predicted molar refractivity (Wildman–Crippen MR) is 76.0 cm³/mol. The number of hydrogen-bond acceptors (Lipinski definition) is 6. The Hall–Kier alpha value is -1.55. The number of carbonyl (C=O) groups is 1. The molecule has 1 aliphatic carbocycles. The highest BCUT2D eigenvalue weighted by molar-refractivity contribution is 7.02. The highest BCUT2D eigenvalue weighted by Crippen LogP contribution is 2.22. The summed E-state index contributed by atoms with van der Waals surface area (Å²) in [5.74, 6) is -0.0401. The number of nitrogens with one attached hydrogen (secondary N) is 1. The summed E-state index contributed by atoms with van der Waals surface area (Å²) in [6, 6.07) is 7.66. The van der Waals surface area contributed by atoms with E-state index in [1.165, 1.54) is 23.3 Å². The van der Waals surface area contributed by atoms with Gasteiger partial charge in [-0.3, -0.25) is 4.79 Å². The zero-order chi connectivity index (χ0) is 17.7. The number of fused-ring (bicyclic) bond motifs is 1. The Morgan fingerprint density at radius 2 is 1.79 bits per heavy atom. The van der Waals surface area contributed by atoms with Crippen molar-refractivity contribution in [2.45, 2.75) is 32.6 Å². The van der Waals surface area contributed by atoms with Gasteiger partial charge in [0, 0.05) is 11.1 Å². The van der Waals surface area contributed by atoms with Crippen LogP contribution in [0.3, 0.4) is 0 Å². The standard InChI is InChI=1S/C15H16N2OS.ClHO4/c1-11-6-2-4-8-13(11)15(18)16-17-10-12-7-3-5-9-14(12)19-17;2-1(3,4)5/h2,4,6,8,10H,3,5,7,9H2,1H3;(H,2,3,4,5). The van der Waals surface area contributed by atoms with E-state index >= 15 is 0 Å². The van der Waals surface area contributed by atoms with Crippen LogP contribution >= 0.6 is 11.5 Å². The van der Waals surface area contributed by atoms with Crippen molar-refractivity contribution in [2.75, 3.05) is 5.43 Å². The Bertz CT molecular complexity index is 685. The van der Waals surface area contributed by atoms with Crippen LogP contribution in [0.5, 0.6) is 0 Å². The van der Waals surface area contributed by atoms with Gasteiger partial charge in [-0.15, -0.1) is 15.7 Å². The van der Waals surface area contributed by atoms with E-state index in [1.54, 1.807) is 11.5 Å². The molecule has 0 saturated heterocycles. The van der Waals surface area contributed by atoms with Crippen molar-refractivity contribution in [3.8, 4) is 0 Å². The van der Waals surface area contributed by atoms with Gasteiger partial charge < -0.3 is 0 Å². The molecule has 2 aromatic rings. The lowest BCUT2D eigenvalue weighted by Crippen LogP contribution is -2.68. The molecule has 1 aromatic carbocycles. The number of benzene rings is 1. The molecule has 0 atom stereocenters. The van der Waals surface area contributed by atoms with Crippen LogP contribution in [0.1, 0.15) is 39.2 Å². The lowest BCUT2D eigenvalue weighted by molar-refractivity contribution is -2.00. The second kappa shape index (κ2) is 8.02. The maximum absolute atomic E-state index is 12.2. The van der Waals surface area contributed by atoms with Gasteiger partial charge in [-0.05, 0) is 48.3 Å². The molecule has 0 aliphatic heterocycles. The van der Waals surface area contributed by atoms with Crippen molar-refractivity contribution in [2.24, 2.45) is 0 Å². The van der Waals surface area contributed by atoms with Crippen molar-refractivity contribution in [3.63, 3.8) is 0 Å². The number of aromatic nitrogens is 1. The van der Waals surface area contributed by atoms with Gasteiger partial charge in [0.05, 0.1) is 4.88 Å².